The normalized spacial score (nSPS) is 51.8. The molecule has 4 rings (SSSR count). The zero-order valence-electron chi connectivity index (χ0n) is 17.1. The van der Waals surface area contributed by atoms with Gasteiger partial charge < -0.3 is 9.84 Å². The van der Waals surface area contributed by atoms with Crippen LogP contribution in [0.1, 0.15) is 72.1 Å². The van der Waals surface area contributed by atoms with Gasteiger partial charge in [0.15, 0.2) is 0 Å². The molecule has 0 radical (unpaired) electrons. The summed E-state index contributed by atoms with van der Waals surface area (Å²) < 4.78 is 6.01. The molecule has 4 aliphatic carbocycles. The Bertz CT molecular complexity index is 642. The van der Waals surface area contributed by atoms with E-state index in [1.54, 1.807) is 0 Å². The van der Waals surface area contributed by atoms with E-state index in [1.165, 1.54) is 0 Å². The lowest BCUT2D eigenvalue weighted by Gasteiger charge is -2.60. The minimum Gasteiger partial charge on any atom is -0.390 e. The lowest BCUT2D eigenvalue weighted by molar-refractivity contribution is -0.179. The van der Waals surface area contributed by atoms with Crippen LogP contribution in [-0.4, -0.2) is 29.7 Å². The molecule has 0 aromatic carbocycles. The Morgan fingerprint density at radius 2 is 2.00 bits per heavy atom. The predicted octanol–water partition coefficient (Wildman–Crippen LogP) is 4.11. The van der Waals surface area contributed by atoms with Crippen LogP contribution >= 0.6 is 0 Å². The van der Waals surface area contributed by atoms with E-state index in [2.05, 4.69) is 26.8 Å². The Kier molecular flexibility index (Phi) is 4.92. The van der Waals surface area contributed by atoms with Crippen LogP contribution in [0.4, 0.5) is 0 Å². The number of Topliss-reactive ketones (excluding diaryl/α,β-unsaturated/α-hetero) is 1. The van der Waals surface area contributed by atoms with Crippen molar-refractivity contribution in [2.24, 2.45) is 40.4 Å². The fourth-order valence-corrected chi connectivity index (χ4v) is 7.72. The third-order valence-corrected chi connectivity index (χ3v) is 9.04. The summed E-state index contributed by atoms with van der Waals surface area (Å²) in [5.41, 5.74) is -0.188. The minimum absolute atomic E-state index is 0.0340. The SMILES string of the molecule is CCCOC1C[C@@]2(C)[C@@H](CC[C@H]3[C@@H]4CC[C@H](C#N)[C@@]4(C)CC(=O)[C@@H]32)C[C@@H]1O. The molecule has 0 spiro atoms. The second kappa shape index (κ2) is 6.85. The molecule has 1 unspecified atom stereocenters. The second-order valence-electron chi connectivity index (χ2n) is 10.4. The van der Waals surface area contributed by atoms with Crippen LogP contribution < -0.4 is 0 Å². The number of fused-ring (bicyclic) bond motifs is 5. The maximum Gasteiger partial charge on any atom is 0.137 e. The van der Waals surface area contributed by atoms with Crippen LogP contribution in [0, 0.1) is 51.8 Å². The van der Waals surface area contributed by atoms with Crippen molar-refractivity contribution in [3.63, 3.8) is 0 Å². The van der Waals surface area contributed by atoms with E-state index in [1.807, 2.05) is 0 Å². The van der Waals surface area contributed by atoms with Crippen LogP contribution in [0.2, 0.25) is 0 Å². The van der Waals surface area contributed by atoms with Crippen molar-refractivity contribution in [1.82, 2.24) is 0 Å². The molecule has 0 aromatic heterocycles. The monoisotopic (exact) mass is 373 g/mol. The van der Waals surface area contributed by atoms with Gasteiger partial charge in [0, 0.05) is 18.9 Å². The molecular formula is C23H35NO3. The van der Waals surface area contributed by atoms with Gasteiger partial charge in [-0.1, -0.05) is 20.8 Å². The van der Waals surface area contributed by atoms with Crippen molar-refractivity contribution < 1.29 is 14.6 Å². The number of carbonyl (C=O) groups is 1. The minimum atomic E-state index is -0.399. The Labute approximate surface area is 163 Å². The molecule has 27 heavy (non-hydrogen) atoms. The first-order valence-electron chi connectivity index (χ1n) is 11.1. The average molecular weight is 374 g/mol. The van der Waals surface area contributed by atoms with E-state index in [4.69, 9.17) is 4.74 Å². The Morgan fingerprint density at radius 3 is 2.70 bits per heavy atom. The van der Waals surface area contributed by atoms with Crippen LogP contribution in [-0.2, 0) is 9.53 Å². The molecule has 0 amide bonds. The molecule has 1 N–H and O–H groups in total. The van der Waals surface area contributed by atoms with Crippen molar-refractivity contribution in [2.45, 2.75) is 84.3 Å². The molecule has 0 aliphatic heterocycles. The summed E-state index contributed by atoms with van der Waals surface area (Å²) >= 11 is 0. The summed E-state index contributed by atoms with van der Waals surface area (Å²) in [4.78, 5) is 13.5. The molecule has 4 aliphatic rings. The maximum atomic E-state index is 13.5. The molecular weight excluding hydrogens is 338 g/mol. The summed E-state index contributed by atoms with van der Waals surface area (Å²) in [6.45, 7) is 7.28. The highest BCUT2D eigenvalue weighted by Gasteiger charge is 2.64. The number of rotatable bonds is 3. The summed E-state index contributed by atoms with van der Waals surface area (Å²) in [6.07, 6.45) is 6.80. The van der Waals surface area contributed by atoms with Crippen molar-refractivity contribution in [3.8, 4) is 6.07 Å². The first-order chi connectivity index (χ1) is 12.8. The van der Waals surface area contributed by atoms with Crippen molar-refractivity contribution in [2.75, 3.05) is 6.61 Å². The molecule has 4 fully saturated rings. The third kappa shape index (κ3) is 2.80. The second-order valence-corrected chi connectivity index (χ2v) is 10.4. The maximum absolute atomic E-state index is 13.5. The Hall–Kier alpha value is -0.920. The van der Waals surface area contributed by atoms with E-state index in [0.29, 0.717) is 36.6 Å². The van der Waals surface area contributed by atoms with Crippen molar-refractivity contribution >= 4 is 5.78 Å². The fraction of sp³-hybridized carbons (Fsp3) is 0.913. The van der Waals surface area contributed by atoms with Gasteiger partial charge in [0.2, 0.25) is 0 Å². The summed E-state index contributed by atoms with van der Waals surface area (Å²) in [5.74, 6) is 1.84. The number of carbonyl (C=O) groups excluding carboxylic acids is 1. The highest BCUT2D eigenvalue weighted by Crippen LogP contribution is 2.66. The third-order valence-electron chi connectivity index (χ3n) is 9.04. The number of ketones is 1. The van der Waals surface area contributed by atoms with Gasteiger partial charge in [-0.3, -0.25) is 4.79 Å². The first-order valence-corrected chi connectivity index (χ1v) is 11.1. The average Bonchev–Trinajstić information content (AvgIpc) is 2.95. The summed E-state index contributed by atoms with van der Waals surface area (Å²) in [7, 11) is 0. The van der Waals surface area contributed by atoms with Crippen molar-refractivity contribution in [3.05, 3.63) is 0 Å². The molecule has 0 aromatic rings. The standard InChI is InChI=1S/C23H35NO3/c1-4-9-27-20-12-23(3)14(10-18(20)25)5-7-16-17-8-6-15(13-24)22(17,2)11-19(26)21(16)23/h14-18,20-21,25H,4-12H2,1-3H3/t14-,15+,16-,17-,18-,20?,21+,22+,23-/m0/s1. The Morgan fingerprint density at radius 1 is 1.22 bits per heavy atom. The van der Waals surface area contributed by atoms with E-state index < -0.39 is 6.10 Å². The van der Waals surface area contributed by atoms with Gasteiger partial charge in [-0.2, -0.15) is 5.26 Å². The number of ether oxygens (including phenoxy) is 1. The smallest absolute Gasteiger partial charge is 0.137 e. The number of nitriles is 1. The molecule has 0 heterocycles. The molecule has 4 saturated carbocycles. The van der Waals surface area contributed by atoms with E-state index in [0.717, 1.165) is 44.9 Å². The van der Waals surface area contributed by atoms with Crippen LogP contribution in [0.3, 0.4) is 0 Å². The van der Waals surface area contributed by atoms with Gasteiger partial charge in [-0.05, 0) is 73.5 Å². The lowest BCUT2D eigenvalue weighted by Crippen LogP contribution is -2.60. The number of hydrogen-bond acceptors (Lipinski definition) is 4. The van der Waals surface area contributed by atoms with Crippen molar-refractivity contribution in [1.29, 1.82) is 5.26 Å². The topological polar surface area (TPSA) is 70.3 Å². The zero-order valence-corrected chi connectivity index (χ0v) is 17.1. The number of aliphatic hydroxyl groups is 1. The number of nitrogens with zero attached hydrogens (tertiary/aromatic N) is 1. The first kappa shape index (κ1) is 19.4. The molecule has 150 valence electrons. The predicted molar refractivity (Wildman–Crippen MR) is 103 cm³/mol. The van der Waals surface area contributed by atoms with Gasteiger partial charge in [-0.15, -0.1) is 0 Å². The fourth-order valence-electron chi connectivity index (χ4n) is 7.72. The van der Waals surface area contributed by atoms with Crippen LogP contribution in [0.15, 0.2) is 0 Å². The summed E-state index contributed by atoms with van der Waals surface area (Å²) in [5, 5.41) is 20.3. The van der Waals surface area contributed by atoms with Crippen LogP contribution in [0.5, 0.6) is 0 Å². The number of hydrogen-bond donors (Lipinski definition) is 1. The molecule has 0 bridgehead atoms. The largest absolute Gasteiger partial charge is 0.390 e. The van der Waals surface area contributed by atoms with E-state index in [9.17, 15) is 15.2 Å². The van der Waals surface area contributed by atoms with Gasteiger partial charge in [-0.25, -0.2) is 0 Å². The molecule has 4 heteroatoms. The quantitative estimate of drug-likeness (QED) is 0.808. The highest BCUT2D eigenvalue weighted by molar-refractivity contribution is 5.84. The van der Waals surface area contributed by atoms with Gasteiger partial charge in [0.25, 0.3) is 0 Å². The molecule has 9 atom stereocenters. The summed E-state index contributed by atoms with van der Waals surface area (Å²) in [6, 6.07) is 2.52. The molecule has 4 nitrogen and oxygen atoms in total. The van der Waals surface area contributed by atoms with Gasteiger partial charge >= 0.3 is 0 Å². The Balaban J connectivity index is 1.63. The van der Waals surface area contributed by atoms with Crippen LogP contribution in [0.25, 0.3) is 0 Å². The van der Waals surface area contributed by atoms with E-state index in [-0.39, 0.29) is 28.8 Å². The number of aliphatic hydroxyl groups excluding tert-OH is 1. The highest BCUT2D eigenvalue weighted by atomic mass is 16.5. The van der Waals surface area contributed by atoms with E-state index >= 15 is 0 Å². The molecule has 0 saturated heterocycles. The van der Waals surface area contributed by atoms with Gasteiger partial charge in [0.05, 0.1) is 24.2 Å². The van der Waals surface area contributed by atoms with Gasteiger partial charge in [0.1, 0.15) is 5.78 Å². The zero-order chi connectivity index (χ0) is 19.4. The lowest BCUT2D eigenvalue weighted by atomic mass is 9.44.